The summed E-state index contributed by atoms with van der Waals surface area (Å²) in [6.07, 6.45) is 0. The van der Waals surface area contributed by atoms with Crippen molar-refractivity contribution in [3.8, 4) is 11.1 Å². The minimum absolute atomic E-state index is 0.543. The van der Waals surface area contributed by atoms with Gasteiger partial charge >= 0.3 is 0 Å². The van der Waals surface area contributed by atoms with Crippen molar-refractivity contribution in [2.45, 2.75) is 0 Å². The van der Waals surface area contributed by atoms with Crippen molar-refractivity contribution in [3.05, 3.63) is 114 Å². The Morgan fingerprint density at radius 2 is 1.00 bits per heavy atom. The van der Waals surface area contributed by atoms with Crippen LogP contribution in [0.25, 0.3) is 11.1 Å². The second-order valence-electron chi connectivity index (χ2n) is 6.06. The molecule has 4 aromatic rings. The van der Waals surface area contributed by atoms with Gasteiger partial charge in [0, 0.05) is 4.47 Å². The van der Waals surface area contributed by atoms with E-state index in [2.05, 4.69) is 125 Å². The van der Waals surface area contributed by atoms with E-state index in [1.54, 1.807) is 0 Å². The van der Waals surface area contributed by atoms with Gasteiger partial charge in [-0.1, -0.05) is 113 Å². The Labute approximate surface area is 164 Å². The Kier molecular flexibility index (Phi) is 5.29. The van der Waals surface area contributed by atoms with Crippen molar-refractivity contribution in [1.29, 1.82) is 0 Å². The van der Waals surface area contributed by atoms with Gasteiger partial charge in [0.1, 0.15) is 0 Å². The molecule has 0 aliphatic heterocycles. The van der Waals surface area contributed by atoms with Crippen LogP contribution in [0.1, 0.15) is 0 Å². The van der Waals surface area contributed by atoms with E-state index in [9.17, 15) is 0 Å². The molecular weight excluding hydrogens is 399 g/mol. The highest BCUT2D eigenvalue weighted by atomic mass is 79.9. The fraction of sp³-hybridized carbons (Fsp3) is 0. The lowest BCUT2D eigenvalue weighted by molar-refractivity contribution is 1.60. The standard InChI is InChI=1S/C24H18BrP/c25-21-9-7-8-20(18-21)19-14-16-24(17-15-19)26(22-10-3-1-4-11-22)23-12-5-2-6-13-23/h1-18H. The molecule has 0 N–H and O–H groups in total. The molecule has 0 aliphatic rings. The van der Waals surface area contributed by atoms with Gasteiger partial charge in [-0.25, -0.2) is 0 Å². The largest absolute Gasteiger partial charge is 0.0622 e. The lowest BCUT2D eigenvalue weighted by atomic mass is 10.1. The van der Waals surface area contributed by atoms with E-state index in [1.165, 1.54) is 27.0 Å². The number of rotatable bonds is 4. The van der Waals surface area contributed by atoms with E-state index in [0.29, 0.717) is 0 Å². The first-order valence-electron chi connectivity index (χ1n) is 8.57. The van der Waals surface area contributed by atoms with Crippen LogP contribution in [-0.4, -0.2) is 0 Å². The molecule has 4 aromatic carbocycles. The monoisotopic (exact) mass is 416 g/mol. The molecule has 0 amide bonds. The Bertz CT molecular complexity index is 940. The molecule has 0 atom stereocenters. The fourth-order valence-corrected chi connectivity index (χ4v) is 5.75. The Morgan fingerprint density at radius 3 is 1.54 bits per heavy atom. The first-order chi connectivity index (χ1) is 12.8. The molecule has 2 heteroatoms. The maximum atomic E-state index is 3.56. The third-order valence-electron chi connectivity index (χ3n) is 4.31. The lowest BCUT2D eigenvalue weighted by Gasteiger charge is -2.19. The van der Waals surface area contributed by atoms with E-state index in [4.69, 9.17) is 0 Å². The molecule has 0 fully saturated rings. The molecule has 0 unspecified atom stereocenters. The molecule has 4 rings (SSSR count). The molecule has 26 heavy (non-hydrogen) atoms. The Morgan fingerprint density at radius 1 is 0.462 bits per heavy atom. The predicted molar refractivity (Wildman–Crippen MR) is 118 cm³/mol. The molecular formula is C24H18BrP. The van der Waals surface area contributed by atoms with Crippen molar-refractivity contribution in [1.82, 2.24) is 0 Å². The topological polar surface area (TPSA) is 0 Å². The minimum atomic E-state index is -0.543. The molecule has 0 radical (unpaired) electrons. The van der Waals surface area contributed by atoms with E-state index in [1.807, 2.05) is 0 Å². The molecule has 126 valence electrons. The summed E-state index contributed by atoms with van der Waals surface area (Å²) in [5.74, 6) is 0. The maximum Gasteiger partial charge on any atom is 0.0181 e. The van der Waals surface area contributed by atoms with Crippen LogP contribution in [0.3, 0.4) is 0 Å². The SMILES string of the molecule is Brc1cccc(-c2ccc(P(c3ccccc3)c3ccccc3)cc2)c1. The maximum absolute atomic E-state index is 3.56. The summed E-state index contributed by atoms with van der Waals surface area (Å²) in [5.41, 5.74) is 2.47. The predicted octanol–water partition coefficient (Wildman–Crippen LogP) is 5.87. The van der Waals surface area contributed by atoms with Gasteiger partial charge in [0.05, 0.1) is 0 Å². The van der Waals surface area contributed by atoms with Crippen LogP contribution >= 0.6 is 23.9 Å². The van der Waals surface area contributed by atoms with Crippen molar-refractivity contribution in [2.24, 2.45) is 0 Å². The summed E-state index contributed by atoms with van der Waals surface area (Å²) >= 11 is 3.56. The van der Waals surface area contributed by atoms with Crippen LogP contribution in [0, 0.1) is 0 Å². The first-order valence-corrected chi connectivity index (χ1v) is 10.7. The van der Waals surface area contributed by atoms with E-state index < -0.39 is 7.92 Å². The van der Waals surface area contributed by atoms with Gasteiger partial charge in [-0.2, -0.15) is 0 Å². The molecule has 0 aliphatic carbocycles. The van der Waals surface area contributed by atoms with Crippen LogP contribution in [0.5, 0.6) is 0 Å². The van der Waals surface area contributed by atoms with Crippen LogP contribution in [0.15, 0.2) is 114 Å². The zero-order chi connectivity index (χ0) is 17.8. The highest BCUT2D eigenvalue weighted by Gasteiger charge is 2.15. The lowest BCUT2D eigenvalue weighted by Crippen LogP contribution is -2.20. The first kappa shape index (κ1) is 17.2. The summed E-state index contributed by atoms with van der Waals surface area (Å²) in [5, 5.41) is 4.13. The molecule has 0 bridgehead atoms. The Balaban J connectivity index is 1.75. The summed E-state index contributed by atoms with van der Waals surface area (Å²) in [6.45, 7) is 0. The minimum Gasteiger partial charge on any atom is -0.0622 e. The number of hydrogen-bond acceptors (Lipinski definition) is 0. The molecule has 0 aromatic heterocycles. The van der Waals surface area contributed by atoms with Gasteiger partial charge < -0.3 is 0 Å². The Hall–Kier alpha value is -2.21. The van der Waals surface area contributed by atoms with Crippen LogP contribution in [0.2, 0.25) is 0 Å². The van der Waals surface area contributed by atoms with E-state index >= 15 is 0 Å². The molecule has 0 heterocycles. The van der Waals surface area contributed by atoms with Gasteiger partial charge in [0.2, 0.25) is 0 Å². The average molecular weight is 417 g/mol. The second kappa shape index (κ2) is 7.99. The molecule has 0 saturated heterocycles. The zero-order valence-corrected chi connectivity index (χ0v) is 16.7. The van der Waals surface area contributed by atoms with E-state index in [-0.39, 0.29) is 0 Å². The van der Waals surface area contributed by atoms with Gasteiger partial charge in [-0.15, -0.1) is 0 Å². The number of benzene rings is 4. The summed E-state index contributed by atoms with van der Waals surface area (Å²) in [6, 6.07) is 39.1. The molecule has 0 spiro atoms. The van der Waals surface area contributed by atoms with Gasteiger partial charge in [0.25, 0.3) is 0 Å². The summed E-state index contributed by atoms with van der Waals surface area (Å²) in [7, 11) is -0.543. The van der Waals surface area contributed by atoms with Crippen LogP contribution < -0.4 is 15.9 Å². The normalized spacial score (nSPS) is 10.8. The van der Waals surface area contributed by atoms with Crippen molar-refractivity contribution < 1.29 is 0 Å². The van der Waals surface area contributed by atoms with Crippen molar-refractivity contribution in [3.63, 3.8) is 0 Å². The van der Waals surface area contributed by atoms with Crippen molar-refractivity contribution >= 4 is 39.8 Å². The van der Waals surface area contributed by atoms with Gasteiger partial charge in [-0.05, 0) is 47.1 Å². The van der Waals surface area contributed by atoms with Crippen molar-refractivity contribution in [2.75, 3.05) is 0 Å². The van der Waals surface area contributed by atoms with E-state index in [0.717, 1.165) is 4.47 Å². The molecule has 0 saturated carbocycles. The smallest absolute Gasteiger partial charge is 0.0181 e. The van der Waals surface area contributed by atoms with Gasteiger partial charge in [-0.3, -0.25) is 0 Å². The average Bonchev–Trinajstić information content (AvgIpc) is 2.70. The van der Waals surface area contributed by atoms with Crippen LogP contribution in [-0.2, 0) is 0 Å². The third kappa shape index (κ3) is 3.80. The fourth-order valence-electron chi connectivity index (χ4n) is 3.07. The van der Waals surface area contributed by atoms with Gasteiger partial charge in [0.15, 0.2) is 0 Å². The summed E-state index contributed by atoms with van der Waals surface area (Å²) in [4.78, 5) is 0. The third-order valence-corrected chi connectivity index (χ3v) is 7.25. The zero-order valence-electron chi connectivity index (χ0n) is 14.2. The highest BCUT2D eigenvalue weighted by Crippen LogP contribution is 2.33. The highest BCUT2D eigenvalue weighted by molar-refractivity contribution is 9.10. The number of hydrogen-bond donors (Lipinski definition) is 0. The number of halogens is 1. The van der Waals surface area contributed by atoms with Crippen LogP contribution in [0.4, 0.5) is 0 Å². The second-order valence-corrected chi connectivity index (χ2v) is 9.20. The molecule has 0 nitrogen and oxygen atoms in total. The summed E-state index contributed by atoms with van der Waals surface area (Å²) < 4.78 is 1.11. The quantitative estimate of drug-likeness (QED) is 0.364.